The summed E-state index contributed by atoms with van der Waals surface area (Å²) in [4.78, 5) is 10.6. The molecule has 0 bridgehead atoms. The first-order valence-corrected chi connectivity index (χ1v) is 6.19. The maximum absolute atomic E-state index is 10.6. The van der Waals surface area contributed by atoms with E-state index < -0.39 is 5.97 Å². The SMILES string of the molecule is Cc1ccc(C)c(-n2nnc(CCC(=O)O)c2C)c1. The number of aliphatic carboxylic acids is 1. The minimum Gasteiger partial charge on any atom is -0.481 e. The van der Waals surface area contributed by atoms with Crippen LogP contribution in [0.1, 0.15) is 28.9 Å². The molecule has 1 aromatic carbocycles. The van der Waals surface area contributed by atoms with Gasteiger partial charge in [0.05, 0.1) is 23.5 Å². The molecule has 2 aromatic rings. The summed E-state index contributed by atoms with van der Waals surface area (Å²) in [7, 11) is 0. The summed E-state index contributed by atoms with van der Waals surface area (Å²) in [6.07, 6.45) is 0.484. The first-order chi connectivity index (χ1) is 8.99. The molecule has 0 aliphatic carbocycles. The van der Waals surface area contributed by atoms with Crippen LogP contribution < -0.4 is 0 Å². The van der Waals surface area contributed by atoms with Crippen molar-refractivity contribution >= 4 is 5.97 Å². The van der Waals surface area contributed by atoms with E-state index in [9.17, 15) is 4.79 Å². The third-order valence-electron chi connectivity index (χ3n) is 3.16. The van der Waals surface area contributed by atoms with Crippen LogP contribution in [0.2, 0.25) is 0 Å². The van der Waals surface area contributed by atoms with Gasteiger partial charge in [-0.3, -0.25) is 4.79 Å². The van der Waals surface area contributed by atoms with E-state index >= 15 is 0 Å². The minimum atomic E-state index is -0.819. The summed E-state index contributed by atoms with van der Waals surface area (Å²) in [6.45, 7) is 5.96. The van der Waals surface area contributed by atoms with E-state index in [0.29, 0.717) is 6.42 Å². The minimum absolute atomic E-state index is 0.0757. The van der Waals surface area contributed by atoms with Gasteiger partial charge in [-0.2, -0.15) is 0 Å². The Labute approximate surface area is 111 Å². The molecule has 1 N–H and O–H groups in total. The van der Waals surface area contributed by atoms with Gasteiger partial charge in [-0.25, -0.2) is 4.68 Å². The van der Waals surface area contributed by atoms with Gasteiger partial charge < -0.3 is 5.11 Å². The van der Waals surface area contributed by atoms with Gasteiger partial charge in [0.15, 0.2) is 0 Å². The molecule has 100 valence electrons. The van der Waals surface area contributed by atoms with E-state index in [1.54, 1.807) is 4.68 Å². The lowest BCUT2D eigenvalue weighted by molar-refractivity contribution is -0.136. The Kier molecular flexibility index (Phi) is 3.64. The first-order valence-electron chi connectivity index (χ1n) is 6.19. The molecule has 0 aliphatic heterocycles. The van der Waals surface area contributed by atoms with Crippen molar-refractivity contribution in [2.24, 2.45) is 0 Å². The number of nitrogens with zero attached hydrogens (tertiary/aromatic N) is 3. The quantitative estimate of drug-likeness (QED) is 0.914. The number of carboxylic acid groups (broad SMARTS) is 1. The number of benzene rings is 1. The van der Waals surface area contributed by atoms with Crippen LogP contribution in [-0.2, 0) is 11.2 Å². The molecule has 0 fully saturated rings. The molecule has 1 heterocycles. The molecule has 5 heteroatoms. The molecule has 1 aromatic heterocycles. The highest BCUT2D eigenvalue weighted by Gasteiger charge is 2.12. The molecule has 2 rings (SSSR count). The van der Waals surface area contributed by atoms with Crippen molar-refractivity contribution in [1.82, 2.24) is 15.0 Å². The van der Waals surface area contributed by atoms with Gasteiger partial charge in [0.2, 0.25) is 0 Å². The highest BCUT2D eigenvalue weighted by atomic mass is 16.4. The van der Waals surface area contributed by atoms with Gasteiger partial charge in [0.1, 0.15) is 0 Å². The number of rotatable bonds is 4. The number of hydrogen-bond acceptors (Lipinski definition) is 3. The van der Waals surface area contributed by atoms with E-state index in [-0.39, 0.29) is 6.42 Å². The highest BCUT2D eigenvalue weighted by Crippen LogP contribution is 2.18. The zero-order chi connectivity index (χ0) is 14.0. The number of aryl methyl sites for hydroxylation is 3. The van der Waals surface area contributed by atoms with Crippen molar-refractivity contribution < 1.29 is 9.90 Å². The Hall–Kier alpha value is -2.17. The molecule has 0 amide bonds. The van der Waals surface area contributed by atoms with Gasteiger partial charge in [0.25, 0.3) is 0 Å². The third-order valence-corrected chi connectivity index (χ3v) is 3.16. The zero-order valence-electron chi connectivity index (χ0n) is 11.3. The van der Waals surface area contributed by atoms with E-state index in [1.165, 1.54) is 0 Å². The van der Waals surface area contributed by atoms with Crippen LogP contribution in [-0.4, -0.2) is 26.1 Å². The fraction of sp³-hybridized carbons (Fsp3) is 0.357. The average molecular weight is 259 g/mol. The van der Waals surface area contributed by atoms with Crippen molar-refractivity contribution in [3.63, 3.8) is 0 Å². The van der Waals surface area contributed by atoms with Gasteiger partial charge in [-0.1, -0.05) is 17.3 Å². The fourth-order valence-corrected chi connectivity index (χ4v) is 1.99. The molecule has 0 unspecified atom stereocenters. The van der Waals surface area contributed by atoms with Crippen LogP contribution >= 0.6 is 0 Å². The van der Waals surface area contributed by atoms with Crippen LogP contribution in [0.15, 0.2) is 18.2 Å². The maximum Gasteiger partial charge on any atom is 0.303 e. The Bertz CT molecular complexity index is 617. The van der Waals surface area contributed by atoms with Crippen molar-refractivity contribution in [3.05, 3.63) is 40.7 Å². The van der Waals surface area contributed by atoms with Gasteiger partial charge in [0, 0.05) is 6.42 Å². The average Bonchev–Trinajstić information content (AvgIpc) is 2.71. The van der Waals surface area contributed by atoms with Crippen molar-refractivity contribution in [2.75, 3.05) is 0 Å². The molecular formula is C14H17N3O2. The van der Waals surface area contributed by atoms with E-state index in [0.717, 1.165) is 28.2 Å². The van der Waals surface area contributed by atoms with Crippen molar-refractivity contribution in [1.29, 1.82) is 0 Å². The van der Waals surface area contributed by atoms with Gasteiger partial charge in [-0.15, -0.1) is 5.10 Å². The second-order valence-electron chi connectivity index (χ2n) is 4.72. The molecular weight excluding hydrogens is 242 g/mol. The molecule has 0 saturated heterocycles. The number of aromatic nitrogens is 3. The molecule has 0 aliphatic rings. The van der Waals surface area contributed by atoms with Gasteiger partial charge in [-0.05, 0) is 38.0 Å². The van der Waals surface area contributed by atoms with Crippen LogP contribution in [0.3, 0.4) is 0 Å². The molecule has 0 radical (unpaired) electrons. The largest absolute Gasteiger partial charge is 0.481 e. The van der Waals surface area contributed by atoms with Crippen molar-refractivity contribution in [3.8, 4) is 5.69 Å². The number of carboxylic acids is 1. The summed E-state index contributed by atoms with van der Waals surface area (Å²) in [5.41, 5.74) is 4.90. The molecule has 0 atom stereocenters. The highest BCUT2D eigenvalue weighted by molar-refractivity contribution is 5.67. The van der Waals surface area contributed by atoms with E-state index in [2.05, 4.69) is 22.4 Å². The maximum atomic E-state index is 10.6. The Morgan fingerprint density at radius 3 is 2.74 bits per heavy atom. The summed E-state index contributed by atoms with van der Waals surface area (Å²) < 4.78 is 1.78. The van der Waals surface area contributed by atoms with Crippen molar-refractivity contribution in [2.45, 2.75) is 33.6 Å². The molecule has 5 nitrogen and oxygen atoms in total. The summed E-state index contributed by atoms with van der Waals surface area (Å²) in [6, 6.07) is 6.15. The molecule has 19 heavy (non-hydrogen) atoms. The monoisotopic (exact) mass is 259 g/mol. The fourth-order valence-electron chi connectivity index (χ4n) is 1.99. The number of hydrogen-bond donors (Lipinski definition) is 1. The first kappa shape index (κ1) is 13.3. The predicted molar refractivity (Wildman–Crippen MR) is 71.5 cm³/mol. The van der Waals surface area contributed by atoms with Crippen LogP contribution in [0.5, 0.6) is 0 Å². The standard InChI is InChI=1S/C14H17N3O2/c1-9-4-5-10(2)13(8-9)17-11(3)12(15-16-17)6-7-14(18)19/h4-5,8H,6-7H2,1-3H3,(H,18,19). The predicted octanol–water partition coefficient (Wildman–Crippen LogP) is 2.21. The summed E-state index contributed by atoms with van der Waals surface area (Å²) in [5, 5.41) is 16.9. The van der Waals surface area contributed by atoms with Gasteiger partial charge >= 0.3 is 5.97 Å². The Morgan fingerprint density at radius 2 is 2.05 bits per heavy atom. The van der Waals surface area contributed by atoms with Crippen LogP contribution in [0.25, 0.3) is 5.69 Å². The summed E-state index contributed by atoms with van der Waals surface area (Å²) >= 11 is 0. The normalized spacial score (nSPS) is 10.7. The second kappa shape index (κ2) is 5.22. The Balaban J connectivity index is 2.36. The van der Waals surface area contributed by atoms with Crippen LogP contribution in [0, 0.1) is 20.8 Å². The Morgan fingerprint density at radius 1 is 1.32 bits per heavy atom. The lowest BCUT2D eigenvalue weighted by Crippen LogP contribution is -2.03. The second-order valence-corrected chi connectivity index (χ2v) is 4.72. The lowest BCUT2D eigenvalue weighted by Gasteiger charge is -2.08. The lowest BCUT2D eigenvalue weighted by atomic mass is 10.1. The van der Waals surface area contributed by atoms with E-state index in [4.69, 9.17) is 5.11 Å². The molecule has 0 spiro atoms. The number of carbonyl (C=O) groups is 1. The summed E-state index contributed by atoms with van der Waals surface area (Å²) in [5.74, 6) is -0.819. The van der Waals surface area contributed by atoms with Crippen LogP contribution in [0.4, 0.5) is 0 Å². The molecule has 0 saturated carbocycles. The smallest absolute Gasteiger partial charge is 0.303 e. The topological polar surface area (TPSA) is 68.0 Å². The van der Waals surface area contributed by atoms with E-state index in [1.807, 2.05) is 26.8 Å². The third kappa shape index (κ3) is 2.81. The zero-order valence-corrected chi connectivity index (χ0v) is 11.3.